The summed E-state index contributed by atoms with van der Waals surface area (Å²) in [6, 6.07) is 16.4. The van der Waals surface area contributed by atoms with E-state index in [0.29, 0.717) is 53.8 Å². The Morgan fingerprint density at radius 1 is 0.902 bits per heavy atom. The van der Waals surface area contributed by atoms with Gasteiger partial charge >= 0.3 is 5.69 Å². The van der Waals surface area contributed by atoms with Crippen LogP contribution in [0.3, 0.4) is 0 Å². The first-order valence-corrected chi connectivity index (χ1v) is 18.1. The quantitative estimate of drug-likeness (QED) is 0.157. The molecule has 51 heavy (non-hydrogen) atoms. The van der Waals surface area contributed by atoms with E-state index in [4.69, 9.17) is 11.5 Å². The molecule has 0 saturated heterocycles. The first kappa shape index (κ1) is 36.0. The topological polar surface area (TPSA) is 183 Å². The average Bonchev–Trinajstić information content (AvgIpc) is 3.51. The second-order valence-corrected chi connectivity index (χ2v) is 14.6. The van der Waals surface area contributed by atoms with Crippen molar-refractivity contribution in [3.05, 3.63) is 82.0 Å². The van der Waals surface area contributed by atoms with Gasteiger partial charge in [0.1, 0.15) is 11.7 Å². The van der Waals surface area contributed by atoms with Crippen LogP contribution >= 0.6 is 0 Å². The number of aromatic amines is 2. The second kappa shape index (κ2) is 15.6. The van der Waals surface area contributed by atoms with Crippen molar-refractivity contribution in [2.45, 2.75) is 82.8 Å². The Hall–Kier alpha value is -4.81. The second-order valence-electron chi connectivity index (χ2n) is 14.6. The Kier molecular flexibility index (Phi) is 11.0. The monoisotopic (exact) mass is 694 g/mol. The molecule has 270 valence electrons. The predicted molar refractivity (Wildman–Crippen MR) is 199 cm³/mol. The molecule has 2 saturated carbocycles. The van der Waals surface area contributed by atoms with Gasteiger partial charge in [-0.05, 0) is 120 Å². The van der Waals surface area contributed by atoms with Crippen molar-refractivity contribution in [2.75, 3.05) is 25.5 Å². The van der Waals surface area contributed by atoms with Gasteiger partial charge in [-0.2, -0.15) is 0 Å². The van der Waals surface area contributed by atoms with Crippen LogP contribution in [0.4, 0.5) is 5.69 Å². The van der Waals surface area contributed by atoms with Gasteiger partial charge in [-0.1, -0.05) is 30.3 Å². The highest BCUT2D eigenvalue weighted by Gasteiger charge is 2.36. The summed E-state index contributed by atoms with van der Waals surface area (Å²) in [6.45, 7) is 2.49. The lowest BCUT2D eigenvalue weighted by molar-refractivity contribution is -0.127. The molecule has 4 aromatic rings. The zero-order chi connectivity index (χ0) is 36.2. The molecule has 0 radical (unpaired) electrons. The summed E-state index contributed by atoms with van der Waals surface area (Å²) in [6.07, 6.45) is 7.33. The number of aromatic nitrogens is 3. The van der Waals surface area contributed by atoms with E-state index in [2.05, 4.69) is 39.3 Å². The largest absolute Gasteiger partial charge is 0.368 e. The van der Waals surface area contributed by atoms with Gasteiger partial charge < -0.3 is 31.7 Å². The van der Waals surface area contributed by atoms with Crippen molar-refractivity contribution >= 4 is 34.4 Å². The van der Waals surface area contributed by atoms with E-state index < -0.39 is 11.9 Å². The Balaban J connectivity index is 1.19. The molecule has 0 unspecified atom stereocenters. The lowest BCUT2D eigenvalue weighted by Crippen LogP contribution is -2.52. The number of nitrogens with two attached hydrogens (primary N) is 2. The maximum Gasteiger partial charge on any atom is 0.323 e. The summed E-state index contributed by atoms with van der Waals surface area (Å²) in [4.78, 5) is 66.4. The number of hydrogen-bond donors (Lipinski definition) is 5. The number of hydrogen-bond acceptors (Lipinski definition) is 7. The third kappa shape index (κ3) is 8.23. The summed E-state index contributed by atoms with van der Waals surface area (Å²) in [5.74, 6) is -0.809. The first-order chi connectivity index (χ1) is 24.5. The minimum atomic E-state index is -0.960. The molecule has 2 aromatic heterocycles. The highest BCUT2D eigenvalue weighted by Crippen LogP contribution is 2.33. The highest BCUT2D eigenvalue weighted by atomic mass is 16.2. The molecule has 6 rings (SSSR count). The fourth-order valence-corrected chi connectivity index (χ4v) is 7.82. The first-order valence-electron chi connectivity index (χ1n) is 18.1. The summed E-state index contributed by atoms with van der Waals surface area (Å²) in [7, 11) is 4.21. The third-order valence-electron chi connectivity index (χ3n) is 11.0. The molecular weight excluding hydrogens is 644 g/mol. The zero-order valence-electron chi connectivity index (χ0n) is 29.8. The fraction of sp³-hybridized carbons (Fsp3) is 0.462. The standard InChI is InChI=1S/C39H50N8O4/c1-23-31(17-19-33(42-23)37(49)43-28-12-14-29(15-13-28)46(2)3)26-8-4-24(5-9-26)20-35(36(41)48)47(38(50)27-10-6-25(22-40)7-11-27)30-16-18-32-34(21-30)45-39(51)44-32/h4-5,8-9,16-19,21,25,27-29,35H,6-7,10-15,20,22,40H2,1-3H3,(H2,41,48)(H,43,49)(H2,44,45,51)/t25?,27?,28?,29?,35-/m0/s1. The lowest BCUT2D eigenvalue weighted by Gasteiger charge is -2.35. The summed E-state index contributed by atoms with van der Waals surface area (Å²) >= 11 is 0. The Morgan fingerprint density at radius 2 is 1.59 bits per heavy atom. The number of fused-ring (bicyclic) bond motifs is 1. The fourth-order valence-electron chi connectivity index (χ4n) is 7.82. The molecule has 0 aliphatic heterocycles. The highest BCUT2D eigenvalue weighted by molar-refractivity contribution is 6.02. The molecule has 7 N–H and O–H groups in total. The van der Waals surface area contributed by atoms with Crippen LogP contribution in [0.5, 0.6) is 0 Å². The maximum atomic E-state index is 14.2. The molecule has 0 spiro atoms. The predicted octanol–water partition coefficient (Wildman–Crippen LogP) is 4.02. The molecule has 3 amide bonds. The minimum absolute atomic E-state index is 0.153. The molecule has 2 aliphatic carbocycles. The van der Waals surface area contributed by atoms with Gasteiger partial charge in [-0.15, -0.1) is 0 Å². The molecule has 12 heteroatoms. The molecule has 2 heterocycles. The van der Waals surface area contributed by atoms with Gasteiger partial charge in [0.15, 0.2) is 0 Å². The third-order valence-corrected chi connectivity index (χ3v) is 11.0. The Morgan fingerprint density at radius 3 is 2.22 bits per heavy atom. The van der Waals surface area contributed by atoms with Gasteiger partial charge in [0.05, 0.1) is 11.0 Å². The normalized spacial score (nSPS) is 21.4. The van der Waals surface area contributed by atoms with Gasteiger partial charge in [-0.3, -0.25) is 19.3 Å². The van der Waals surface area contributed by atoms with Gasteiger partial charge in [0.2, 0.25) is 11.8 Å². The van der Waals surface area contributed by atoms with Crippen LogP contribution in [-0.2, 0) is 16.0 Å². The van der Waals surface area contributed by atoms with Crippen LogP contribution in [-0.4, -0.2) is 76.3 Å². The van der Waals surface area contributed by atoms with E-state index in [9.17, 15) is 19.2 Å². The number of imidazole rings is 1. The number of nitrogens with zero attached hydrogens (tertiary/aromatic N) is 3. The Bertz CT molecular complexity index is 1920. The van der Waals surface area contributed by atoms with Gasteiger partial charge in [-0.25, -0.2) is 9.78 Å². The van der Waals surface area contributed by atoms with Crippen molar-refractivity contribution in [2.24, 2.45) is 23.3 Å². The van der Waals surface area contributed by atoms with Crippen molar-refractivity contribution in [1.29, 1.82) is 0 Å². The van der Waals surface area contributed by atoms with Crippen LogP contribution in [0.1, 0.15) is 73.1 Å². The van der Waals surface area contributed by atoms with Crippen LogP contribution in [0, 0.1) is 18.8 Å². The minimum Gasteiger partial charge on any atom is -0.368 e. The van der Waals surface area contributed by atoms with Crippen molar-refractivity contribution in [1.82, 2.24) is 25.2 Å². The van der Waals surface area contributed by atoms with E-state index in [1.807, 2.05) is 37.3 Å². The van der Waals surface area contributed by atoms with Crippen molar-refractivity contribution in [3.8, 4) is 11.1 Å². The van der Waals surface area contributed by atoms with Crippen LogP contribution < -0.4 is 27.4 Å². The molecule has 2 fully saturated rings. The molecule has 2 aromatic carbocycles. The summed E-state index contributed by atoms with van der Waals surface area (Å²) in [5, 5.41) is 3.17. The van der Waals surface area contributed by atoms with E-state index in [0.717, 1.165) is 60.9 Å². The maximum absolute atomic E-state index is 14.2. The van der Waals surface area contributed by atoms with Crippen LogP contribution in [0.15, 0.2) is 59.4 Å². The number of anilines is 1. The van der Waals surface area contributed by atoms with Crippen molar-refractivity contribution in [3.63, 3.8) is 0 Å². The number of benzene rings is 2. The average molecular weight is 695 g/mol. The number of rotatable bonds is 11. The van der Waals surface area contributed by atoms with E-state index in [1.54, 1.807) is 24.3 Å². The van der Waals surface area contributed by atoms with Gasteiger partial charge in [0.25, 0.3) is 5.91 Å². The number of nitrogens with one attached hydrogen (secondary N) is 3. The van der Waals surface area contributed by atoms with Crippen LogP contribution in [0.25, 0.3) is 22.2 Å². The number of H-pyrrole nitrogens is 2. The van der Waals surface area contributed by atoms with Crippen molar-refractivity contribution < 1.29 is 14.4 Å². The summed E-state index contributed by atoms with van der Waals surface area (Å²) in [5.41, 5.74) is 17.0. The lowest BCUT2D eigenvalue weighted by atomic mass is 9.81. The molecule has 2 aliphatic rings. The number of primary amides is 1. The molecule has 12 nitrogen and oxygen atoms in total. The molecule has 0 bridgehead atoms. The van der Waals surface area contributed by atoms with E-state index >= 15 is 0 Å². The number of aryl methyl sites for hydroxylation is 1. The number of pyridine rings is 1. The number of carbonyl (C=O) groups excluding carboxylic acids is 3. The Labute approximate surface area is 298 Å². The zero-order valence-corrected chi connectivity index (χ0v) is 29.8. The number of carbonyl (C=O) groups is 3. The summed E-state index contributed by atoms with van der Waals surface area (Å²) < 4.78 is 0. The van der Waals surface area contributed by atoms with Gasteiger partial charge in [0, 0.05) is 41.4 Å². The number of amides is 3. The SMILES string of the molecule is Cc1nc(C(=O)NC2CCC(N(C)C)CC2)ccc1-c1ccc(C[C@@H](C(N)=O)N(C(=O)C2CCC(CN)CC2)c2ccc3[nH]c(=O)[nH]c3c2)cc1. The van der Waals surface area contributed by atoms with E-state index in [1.165, 1.54) is 4.90 Å². The smallest absolute Gasteiger partial charge is 0.323 e. The van der Waals surface area contributed by atoms with E-state index in [-0.39, 0.29) is 35.9 Å². The molecular formula is C39H50N8O4. The molecule has 1 atom stereocenters. The van der Waals surface area contributed by atoms with Crippen LogP contribution in [0.2, 0.25) is 0 Å².